The van der Waals surface area contributed by atoms with Gasteiger partial charge in [-0.2, -0.15) is 0 Å². The molecule has 0 aromatic rings. The Morgan fingerprint density at radius 3 is 1.25 bits per heavy atom. The Morgan fingerprint density at radius 2 is 0.841 bits per heavy atom. The summed E-state index contributed by atoms with van der Waals surface area (Å²) in [6.45, 7) is 7.60. The summed E-state index contributed by atoms with van der Waals surface area (Å²) in [4.78, 5) is 0. The Bertz CT molecular complexity index is 655. The van der Waals surface area contributed by atoms with Crippen molar-refractivity contribution in [2.24, 2.45) is 0 Å². The third-order valence-electron chi connectivity index (χ3n) is 9.04. The third kappa shape index (κ3) is 25.1. The number of allylic oxidation sites excluding steroid dienone is 8. The highest BCUT2D eigenvalue weighted by atomic mass is 16.7. The van der Waals surface area contributed by atoms with Gasteiger partial charge in [0.25, 0.3) is 0 Å². The zero-order valence-corrected chi connectivity index (χ0v) is 30.0. The van der Waals surface area contributed by atoms with Gasteiger partial charge in [-0.25, -0.2) is 0 Å². The van der Waals surface area contributed by atoms with Crippen LogP contribution in [-0.4, -0.2) is 18.5 Å². The topological polar surface area (TPSA) is 18.5 Å². The van der Waals surface area contributed by atoms with E-state index in [4.69, 9.17) is 9.47 Å². The molecule has 1 rings (SSSR count). The fourth-order valence-electron chi connectivity index (χ4n) is 6.23. The largest absolute Gasteiger partial charge is 0.347 e. The molecule has 256 valence electrons. The first-order chi connectivity index (χ1) is 21.8. The molecule has 1 saturated heterocycles. The average molecular weight is 613 g/mol. The van der Waals surface area contributed by atoms with Crippen molar-refractivity contribution in [1.82, 2.24) is 0 Å². The van der Waals surface area contributed by atoms with Crippen LogP contribution in [0.25, 0.3) is 0 Å². The molecule has 0 bridgehead atoms. The lowest BCUT2D eigenvalue weighted by Crippen LogP contribution is -2.31. The van der Waals surface area contributed by atoms with Crippen molar-refractivity contribution in [3.63, 3.8) is 0 Å². The van der Waals surface area contributed by atoms with Crippen LogP contribution in [0.15, 0.2) is 48.6 Å². The predicted molar refractivity (Wildman–Crippen MR) is 196 cm³/mol. The van der Waals surface area contributed by atoms with E-state index in [0.29, 0.717) is 6.10 Å². The summed E-state index contributed by atoms with van der Waals surface area (Å²) >= 11 is 0. The van der Waals surface area contributed by atoms with Crippen molar-refractivity contribution in [2.45, 2.75) is 212 Å². The minimum absolute atomic E-state index is 0.287. The molecular formula is C42H76O2. The van der Waals surface area contributed by atoms with E-state index in [9.17, 15) is 0 Å². The van der Waals surface area contributed by atoms with Gasteiger partial charge in [0.2, 0.25) is 0 Å². The standard InChI is InChI=1S/C42H76O2/c1-4-7-9-11-13-15-17-19-21-23-25-27-29-31-33-35-38-42(43-40-41(44-42)37-6-3)39-36-34-32-30-28-26-24-22-20-18-16-14-12-10-8-5-2/h13-16,19-22,41H,4-12,17-18,23-40H2,1-3H3. The van der Waals surface area contributed by atoms with Crippen molar-refractivity contribution in [2.75, 3.05) is 6.61 Å². The molecule has 0 saturated carbocycles. The van der Waals surface area contributed by atoms with E-state index in [2.05, 4.69) is 69.4 Å². The van der Waals surface area contributed by atoms with Crippen LogP contribution in [0.5, 0.6) is 0 Å². The molecule has 0 spiro atoms. The van der Waals surface area contributed by atoms with Gasteiger partial charge in [0.05, 0.1) is 12.7 Å². The van der Waals surface area contributed by atoms with Crippen molar-refractivity contribution in [3.8, 4) is 0 Å². The van der Waals surface area contributed by atoms with Crippen LogP contribution >= 0.6 is 0 Å². The zero-order valence-electron chi connectivity index (χ0n) is 30.0. The van der Waals surface area contributed by atoms with Gasteiger partial charge in [-0.3, -0.25) is 0 Å². The number of hydrogen-bond donors (Lipinski definition) is 0. The van der Waals surface area contributed by atoms with E-state index in [1.165, 1.54) is 148 Å². The highest BCUT2D eigenvalue weighted by molar-refractivity contribution is 4.93. The van der Waals surface area contributed by atoms with Crippen LogP contribution in [0, 0.1) is 0 Å². The van der Waals surface area contributed by atoms with Crippen molar-refractivity contribution in [1.29, 1.82) is 0 Å². The fraction of sp³-hybridized carbons (Fsp3) is 0.810. The van der Waals surface area contributed by atoms with E-state index in [1.54, 1.807) is 0 Å². The Kier molecular flexibility index (Phi) is 29.6. The third-order valence-corrected chi connectivity index (χ3v) is 9.04. The van der Waals surface area contributed by atoms with Gasteiger partial charge in [-0.05, 0) is 83.5 Å². The molecule has 1 aliphatic heterocycles. The quantitative estimate of drug-likeness (QED) is 0.0556. The first-order valence-corrected chi connectivity index (χ1v) is 19.7. The van der Waals surface area contributed by atoms with Crippen LogP contribution in [-0.2, 0) is 9.47 Å². The molecule has 0 N–H and O–H groups in total. The average Bonchev–Trinajstić information content (AvgIpc) is 3.43. The second-order valence-corrected chi connectivity index (χ2v) is 13.4. The number of hydrogen-bond acceptors (Lipinski definition) is 2. The fourth-order valence-corrected chi connectivity index (χ4v) is 6.23. The molecule has 0 radical (unpaired) electrons. The maximum atomic E-state index is 6.59. The highest BCUT2D eigenvalue weighted by Crippen LogP contribution is 2.36. The Labute approximate surface area is 276 Å². The second kappa shape index (κ2) is 31.8. The SMILES string of the molecule is CCCCCC=CCC=CCCCCCCCCC1(CCCCCCCCC=CCC=CCCCCC)OCC(CCC)O1. The maximum Gasteiger partial charge on any atom is 0.168 e. The molecule has 1 atom stereocenters. The van der Waals surface area contributed by atoms with Gasteiger partial charge in [-0.15, -0.1) is 0 Å². The lowest BCUT2D eigenvalue weighted by Gasteiger charge is -2.28. The van der Waals surface area contributed by atoms with E-state index < -0.39 is 0 Å². The summed E-state index contributed by atoms with van der Waals surface area (Å²) in [6, 6.07) is 0. The smallest absolute Gasteiger partial charge is 0.168 e. The summed E-state index contributed by atoms with van der Waals surface area (Å²) in [5.74, 6) is -0.287. The minimum atomic E-state index is -0.287. The van der Waals surface area contributed by atoms with Crippen molar-refractivity contribution in [3.05, 3.63) is 48.6 Å². The van der Waals surface area contributed by atoms with E-state index in [0.717, 1.165) is 38.7 Å². The van der Waals surface area contributed by atoms with Gasteiger partial charge in [0, 0.05) is 12.8 Å². The van der Waals surface area contributed by atoms with Crippen LogP contribution < -0.4 is 0 Å². The second-order valence-electron chi connectivity index (χ2n) is 13.4. The van der Waals surface area contributed by atoms with Crippen molar-refractivity contribution >= 4 is 0 Å². The maximum absolute atomic E-state index is 6.59. The Hall–Kier alpha value is -1.12. The van der Waals surface area contributed by atoms with Gasteiger partial charge >= 0.3 is 0 Å². The monoisotopic (exact) mass is 613 g/mol. The molecule has 0 amide bonds. The lowest BCUT2D eigenvalue weighted by molar-refractivity contribution is -0.180. The van der Waals surface area contributed by atoms with Crippen LogP contribution in [0.1, 0.15) is 201 Å². The number of ether oxygens (including phenoxy) is 2. The number of rotatable bonds is 32. The highest BCUT2D eigenvalue weighted by Gasteiger charge is 2.39. The Balaban J connectivity index is 2.08. The number of unbranched alkanes of at least 4 members (excludes halogenated alkanes) is 18. The first kappa shape index (κ1) is 40.9. The molecular weight excluding hydrogens is 536 g/mol. The molecule has 0 aromatic heterocycles. The molecule has 1 unspecified atom stereocenters. The molecule has 0 aliphatic carbocycles. The molecule has 1 aliphatic rings. The molecule has 2 heteroatoms. The van der Waals surface area contributed by atoms with E-state index in [-0.39, 0.29) is 5.79 Å². The molecule has 44 heavy (non-hydrogen) atoms. The molecule has 2 nitrogen and oxygen atoms in total. The predicted octanol–water partition coefficient (Wildman–Crippen LogP) is 14.3. The summed E-state index contributed by atoms with van der Waals surface area (Å²) in [6.07, 6.45) is 54.8. The summed E-state index contributed by atoms with van der Waals surface area (Å²) in [7, 11) is 0. The summed E-state index contributed by atoms with van der Waals surface area (Å²) < 4.78 is 13.0. The molecule has 0 aromatic carbocycles. The van der Waals surface area contributed by atoms with Crippen molar-refractivity contribution < 1.29 is 9.47 Å². The van der Waals surface area contributed by atoms with Gasteiger partial charge in [-0.1, -0.05) is 153 Å². The van der Waals surface area contributed by atoms with Crippen LogP contribution in [0.2, 0.25) is 0 Å². The van der Waals surface area contributed by atoms with E-state index in [1.807, 2.05) is 0 Å². The van der Waals surface area contributed by atoms with Crippen LogP contribution in [0.4, 0.5) is 0 Å². The van der Waals surface area contributed by atoms with Crippen LogP contribution in [0.3, 0.4) is 0 Å². The summed E-state index contributed by atoms with van der Waals surface area (Å²) in [5, 5.41) is 0. The first-order valence-electron chi connectivity index (χ1n) is 19.7. The van der Waals surface area contributed by atoms with Gasteiger partial charge in [0.15, 0.2) is 5.79 Å². The van der Waals surface area contributed by atoms with Gasteiger partial charge < -0.3 is 9.47 Å². The summed E-state index contributed by atoms with van der Waals surface area (Å²) in [5.41, 5.74) is 0. The van der Waals surface area contributed by atoms with E-state index >= 15 is 0 Å². The lowest BCUT2D eigenvalue weighted by atomic mass is 9.98. The van der Waals surface area contributed by atoms with Gasteiger partial charge in [0.1, 0.15) is 0 Å². The normalized spacial score (nSPS) is 19.2. The molecule has 1 heterocycles. The zero-order chi connectivity index (χ0) is 31.7. The molecule has 1 fully saturated rings. The Morgan fingerprint density at radius 1 is 0.455 bits per heavy atom. The minimum Gasteiger partial charge on any atom is -0.347 e.